The number of thiazole rings is 1. The summed E-state index contributed by atoms with van der Waals surface area (Å²) in [6, 6.07) is 2.36. The predicted molar refractivity (Wildman–Crippen MR) is 75.5 cm³/mol. The molecule has 1 heterocycles. The lowest BCUT2D eigenvalue weighted by Gasteiger charge is -2.24. The van der Waals surface area contributed by atoms with Gasteiger partial charge in [0.05, 0.1) is 19.1 Å². The van der Waals surface area contributed by atoms with Crippen molar-refractivity contribution in [3.63, 3.8) is 0 Å². The molecule has 0 fully saturated rings. The summed E-state index contributed by atoms with van der Waals surface area (Å²) in [5.74, 6) is -0.383. The van der Waals surface area contributed by atoms with Crippen molar-refractivity contribution in [1.29, 1.82) is 5.26 Å². The molecule has 0 aliphatic carbocycles. The van der Waals surface area contributed by atoms with Crippen molar-refractivity contribution in [2.24, 2.45) is 0 Å². The van der Waals surface area contributed by atoms with E-state index < -0.39 is 0 Å². The van der Waals surface area contributed by atoms with Crippen molar-refractivity contribution in [2.45, 2.75) is 40.2 Å². The van der Waals surface area contributed by atoms with E-state index in [2.05, 4.69) is 11.1 Å². The van der Waals surface area contributed by atoms with Crippen LogP contribution in [0.1, 0.15) is 42.6 Å². The molecule has 1 aromatic heterocycles. The van der Waals surface area contributed by atoms with Gasteiger partial charge in [0.2, 0.25) is 0 Å². The van der Waals surface area contributed by atoms with Crippen LogP contribution in [0.3, 0.4) is 0 Å². The van der Waals surface area contributed by atoms with Gasteiger partial charge in [-0.2, -0.15) is 5.26 Å². The number of carbonyl (C=O) groups is 1. The third-order valence-electron chi connectivity index (χ3n) is 2.59. The summed E-state index contributed by atoms with van der Waals surface area (Å²) in [5, 5.41) is 9.46. The van der Waals surface area contributed by atoms with Crippen LogP contribution in [0, 0.1) is 18.3 Å². The number of aromatic nitrogens is 1. The van der Waals surface area contributed by atoms with Crippen LogP contribution in [0.15, 0.2) is 0 Å². The van der Waals surface area contributed by atoms with Crippen LogP contribution >= 0.6 is 11.3 Å². The third-order valence-corrected chi connectivity index (χ3v) is 3.60. The van der Waals surface area contributed by atoms with Crippen molar-refractivity contribution >= 4 is 22.4 Å². The highest BCUT2D eigenvalue weighted by Gasteiger charge is 2.21. The maximum atomic E-state index is 11.7. The Kier molecular flexibility index (Phi) is 5.77. The van der Waals surface area contributed by atoms with Gasteiger partial charge >= 0.3 is 5.97 Å². The lowest BCUT2D eigenvalue weighted by Crippen LogP contribution is -2.31. The van der Waals surface area contributed by atoms with Crippen LogP contribution in [-0.2, 0) is 4.74 Å². The molecule has 0 aromatic carbocycles. The second-order valence-electron chi connectivity index (χ2n) is 4.32. The lowest BCUT2D eigenvalue weighted by molar-refractivity contribution is 0.0519. The van der Waals surface area contributed by atoms with Gasteiger partial charge in [0, 0.05) is 17.5 Å². The highest BCUT2D eigenvalue weighted by atomic mass is 32.1. The molecular formula is C13H19N3O2S. The molecule has 0 N–H and O–H groups in total. The fourth-order valence-electron chi connectivity index (χ4n) is 1.64. The molecular weight excluding hydrogens is 262 g/mol. The molecule has 0 spiro atoms. The largest absolute Gasteiger partial charge is 0.461 e. The van der Waals surface area contributed by atoms with Crippen LogP contribution in [0.4, 0.5) is 5.13 Å². The number of hydrogen-bond donors (Lipinski definition) is 0. The Morgan fingerprint density at radius 1 is 1.58 bits per heavy atom. The standard InChI is InChI=1S/C13H19N3O2S/c1-5-18-12(17)11-10(4)19-13(15-11)16(9(2)3)8-6-7-14/h9H,5-6,8H2,1-4H3. The molecule has 0 aliphatic rings. The molecule has 0 amide bonds. The Morgan fingerprint density at radius 3 is 2.79 bits per heavy atom. The monoisotopic (exact) mass is 281 g/mol. The second-order valence-corrected chi connectivity index (χ2v) is 5.50. The zero-order chi connectivity index (χ0) is 14.4. The maximum Gasteiger partial charge on any atom is 0.358 e. The summed E-state index contributed by atoms with van der Waals surface area (Å²) in [6.07, 6.45) is 0.436. The minimum atomic E-state index is -0.383. The first kappa shape index (κ1) is 15.4. The zero-order valence-corrected chi connectivity index (χ0v) is 12.6. The van der Waals surface area contributed by atoms with Crippen LogP contribution in [0.25, 0.3) is 0 Å². The Hall–Kier alpha value is -1.61. The molecule has 104 valence electrons. The molecule has 1 rings (SSSR count). The molecule has 19 heavy (non-hydrogen) atoms. The summed E-state index contributed by atoms with van der Waals surface area (Å²) in [4.78, 5) is 19.0. The van der Waals surface area contributed by atoms with E-state index >= 15 is 0 Å². The SMILES string of the molecule is CCOC(=O)c1nc(N(CCC#N)C(C)C)sc1C. The van der Waals surface area contributed by atoms with Crippen molar-refractivity contribution in [1.82, 2.24) is 4.98 Å². The number of esters is 1. The number of anilines is 1. The fraction of sp³-hybridized carbons (Fsp3) is 0.615. The van der Waals surface area contributed by atoms with E-state index in [1.165, 1.54) is 11.3 Å². The van der Waals surface area contributed by atoms with Crippen LogP contribution in [0.2, 0.25) is 0 Å². The fourth-order valence-corrected chi connectivity index (χ4v) is 2.70. The molecule has 5 nitrogen and oxygen atoms in total. The van der Waals surface area contributed by atoms with Gasteiger partial charge in [0.15, 0.2) is 10.8 Å². The summed E-state index contributed by atoms with van der Waals surface area (Å²) in [5.41, 5.74) is 0.379. The van der Waals surface area contributed by atoms with Gasteiger partial charge < -0.3 is 9.64 Å². The van der Waals surface area contributed by atoms with Gasteiger partial charge in [-0.1, -0.05) is 0 Å². The molecule has 0 atom stereocenters. The van der Waals surface area contributed by atoms with Crippen molar-refractivity contribution < 1.29 is 9.53 Å². The highest BCUT2D eigenvalue weighted by molar-refractivity contribution is 7.15. The first-order valence-electron chi connectivity index (χ1n) is 6.29. The minimum Gasteiger partial charge on any atom is -0.461 e. The molecule has 1 aromatic rings. The Bertz CT molecular complexity index is 477. The smallest absolute Gasteiger partial charge is 0.358 e. The highest BCUT2D eigenvalue weighted by Crippen LogP contribution is 2.27. The molecule has 0 saturated heterocycles. The van der Waals surface area contributed by atoms with Gasteiger partial charge in [0.25, 0.3) is 0 Å². The lowest BCUT2D eigenvalue weighted by atomic mass is 10.3. The predicted octanol–water partition coefficient (Wildman–Crippen LogP) is 2.76. The summed E-state index contributed by atoms with van der Waals surface area (Å²) < 4.78 is 4.98. The Labute approximate surface area is 117 Å². The number of rotatable bonds is 6. The van der Waals surface area contributed by atoms with Crippen molar-refractivity contribution in [3.8, 4) is 6.07 Å². The van der Waals surface area contributed by atoms with E-state index in [1.807, 2.05) is 25.7 Å². The normalized spacial score (nSPS) is 10.3. The second kappa shape index (κ2) is 7.10. The van der Waals surface area contributed by atoms with Crippen molar-refractivity contribution in [2.75, 3.05) is 18.1 Å². The van der Waals surface area contributed by atoms with Crippen LogP contribution < -0.4 is 4.90 Å². The Morgan fingerprint density at radius 2 is 2.26 bits per heavy atom. The average molecular weight is 281 g/mol. The summed E-state index contributed by atoms with van der Waals surface area (Å²) >= 11 is 1.46. The van der Waals surface area contributed by atoms with Gasteiger partial charge in [-0.05, 0) is 27.7 Å². The average Bonchev–Trinajstić information content (AvgIpc) is 2.71. The zero-order valence-electron chi connectivity index (χ0n) is 11.8. The summed E-state index contributed by atoms with van der Waals surface area (Å²) in [6.45, 7) is 8.66. The minimum absolute atomic E-state index is 0.231. The first-order chi connectivity index (χ1) is 9.01. The molecule has 0 aliphatic heterocycles. The third kappa shape index (κ3) is 3.93. The number of nitriles is 1. The van der Waals surface area contributed by atoms with E-state index in [9.17, 15) is 4.79 Å². The molecule has 0 bridgehead atoms. The summed E-state index contributed by atoms with van der Waals surface area (Å²) in [7, 11) is 0. The molecule has 0 unspecified atom stereocenters. The topological polar surface area (TPSA) is 66.2 Å². The van der Waals surface area contributed by atoms with E-state index in [1.54, 1.807) is 6.92 Å². The molecule has 0 saturated carbocycles. The molecule has 6 heteroatoms. The number of carbonyl (C=O) groups excluding carboxylic acids is 1. The van der Waals surface area contributed by atoms with Gasteiger partial charge in [0.1, 0.15) is 0 Å². The van der Waals surface area contributed by atoms with E-state index in [4.69, 9.17) is 10.00 Å². The Balaban J connectivity index is 2.97. The van der Waals surface area contributed by atoms with E-state index in [0.29, 0.717) is 25.3 Å². The first-order valence-corrected chi connectivity index (χ1v) is 7.11. The number of aryl methyl sites for hydroxylation is 1. The van der Waals surface area contributed by atoms with Gasteiger partial charge in [-0.3, -0.25) is 0 Å². The maximum absolute atomic E-state index is 11.7. The van der Waals surface area contributed by atoms with E-state index in [-0.39, 0.29) is 12.0 Å². The number of nitrogens with zero attached hydrogens (tertiary/aromatic N) is 3. The van der Waals surface area contributed by atoms with Gasteiger partial charge in [-0.15, -0.1) is 11.3 Å². The number of hydrogen-bond acceptors (Lipinski definition) is 6. The van der Waals surface area contributed by atoms with Crippen LogP contribution in [-0.4, -0.2) is 30.1 Å². The van der Waals surface area contributed by atoms with Crippen LogP contribution in [0.5, 0.6) is 0 Å². The van der Waals surface area contributed by atoms with Crippen molar-refractivity contribution in [3.05, 3.63) is 10.6 Å². The quantitative estimate of drug-likeness (QED) is 0.750. The molecule has 0 radical (unpaired) electrons. The van der Waals surface area contributed by atoms with Gasteiger partial charge in [-0.25, -0.2) is 9.78 Å². The number of ether oxygens (including phenoxy) is 1. The van der Waals surface area contributed by atoms with E-state index in [0.717, 1.165) is 10.0 Å².